The second-order valence-electron chi connectivity index (χ2n) is 7.21. The minimum absolute atomic E-state index is 0.113. The third-order valence-corrected chi connectivity index (χ3v) is 5.44. The standard InChI is InChI=1S/C19H21Cl2N7O5/c1-8(6-32-11-3-2-9(20)4-10(11)21)26-27-19-25-13-16(22)23-7-24-17(13)28(19)18-15(31)14(30)12(5-29)33-18/h2-4,6-7,12,14-15,18,26,29-31H,5H2,1H3,(H,25,27)(H2,22,23,24)/b8-6-/t12-,14-,15-,18-/m0/s1. The average molecular weight is 498 g/mol. The van der Waals surface area contributed by atoms with Gasteiger partial charge in [-0.15, -0.1) is 0 Å². The summed E-state index contributed by atoms with van der Waals surface area (Å²) in [7, 11) is 0. The predicted octanol–water partition coefficient (Wildman–Crippen LogP) is 1.18. The molecule has 1 fully saturated rings. The molecule has 1 aromatic carbocycles. The lowest BCUT2D eigenvalue weighted by Gasteiger charge is -2.20. The van der Waals surface area contributed by atoms with Crippen LogP contribution in [0.4, 0.5) is 11.8 Å². The summed E-state index contributed by atoms with van der Waals surface area (Å²) in [6.45, 7) is 1.23. The monoisotopic (exact) mass is 497 g/mol. The molecule has 4 rings (SSSR count). The Balaban J connectivity index is 1.58. The Hall–Kier alpha value is -2.87. The fraction of sp³-hybridized carbons (Fsp3) is 0.316. The van der Waals surface area contributed by atoms with E-state index >= 15 is 0 Å². The zero-order valence-corrected chi connectivity index (χ0v) is 18.7. The number of hydrogen-bond acceptors (Lipinski definition) is 11. The van der Waals surface area contributed by atoms with Crippen molar-refractivity contribution < 1.29 is 24.8 Å². The van der Waals surface area contributed by atoms with Gasteiger partial charge >= 0.3 is 0 Å². The Morgan fingerprint density at radius 1 is 1.30 bits per heavy atom. The van der Waals surface area contributed by atoms with E-state index in [1.807, 2.05) is 0 Å². The molecule has 1 saturated heterocycles. The molecule has 0 unspecified atom stereocenters. The first kappa shape index (κ1) is 23.3. The first-order valence-electron chi connectivity index (χ1n) is 9.71. The highest BCUT2D eigenvalue weighted by Gasteiger charge is 2.45. The highest BCUT2D eigenvalue weighted by atomic mass is 35.5. The van der Waals surface area contributed by atoms with Crippen molar-refractivity contribution in [3.8, 4) is 5.75 Å². The third-order valence-electron chi connectivity index (χ3n) is 4.91. The van der Waals surface area contributed by atoms with Crippen LogP contribution in [0.1, 0.15) is 13.2 Å². The molecule has 3 heterocycles. The topological polar surface area (TPSA) is 173 Å². The first-order valence-corrected chi connectivity index (χ1v) is 10.5. The van der Waals surface area contributed by atoms with Gasteiger partial charge in [0.1, 0.15) is 36.7 Å². The van der Waals surface area contributed by atoms with Gasteiger partial charge in [-0.1, -0.05) is 23.2 Å². The van der Waals surface area contributed by atoms with Crippen molar-refractivity contribution in [2.24, 2.45) is 0 Å². The van der Waals surface area contributed by atoms with Gasteiger partial charge in [0.15, 0.2) is 23.2 Å². The molecule has 33 heavy (non-hydrogen) atoms. The van der Waals surface area contributed by atoms with E-state index in [4.69, 9.17) is 38.4 Å². The SMILES string of the molecule is C/C(=C/Oc1ccc(Cl)cc1Cl)NNc1nc2c(N)ncnc2n1[C@H]1O[C@@H](CO)[C@H](O)[C@@H]1O. The number of imidazole rings is 1. The quantitative estimate of drug-likeness (QED) is 0.204. The number of aromatic nitrogens is 4. The molecule has 0 amide bonds. The van der Waals surface area contributed by atoms with Gasteiger partial charge in [-0.3, -0.25) is 15.4 Å². The Morgan fingerprint density at radius 2 is 2.09 bits per heavy atom. The molecular formula is C19H21Cl2N7O5. The van der Waals surface area contributed by atoms with Crippen molar-refractivity contribution in [3.05, 3.63) is 46.5 Å². The maximum absolute atomic E-state index is 10.5. The number of halogens is 2. The van der Waals surface area contributed by atoms with Crippen LogP contribution in [0.5, 0.6) is 5.75 Å². The summed E-state index contributed by atoms with van der Waals surface area (Å²) in [4.78, 5) is 12.5. The summed E-state index contributed by atoms with van der Waals surface area (Å²) in [6, 6.07) is 4.83. The van der Waals surface area contributed by atoms with E-state index in [0.717, 1.165) is 0 Å². The zero-order chi connectivity index (χ0) is 23.7. The van der Waals surface area contributed by atoms with Crippen LogP contribution in [0.15, 0.2) is 36.5 Å². The van der Waals surface area contributed by atoms with Gasteiger partial charge in [0.2, 0.25) is 5.95 Å². The van der Waals surface area contributed by atoms with Gasteiger partial charge in [-0.2, -0.15) is 0 Å². The maximum atomic E-state index is 10.5. The molecule has 0 bridgehead atoms. The Bertz CT molecular complexity index is 1190. The number of nitrogens with zero attached hydrogens (tertiary/aromatic N) is 4. The summed E-state index contributed by atoms with van der Waals surface area (Å²) >= 11 is 12.0. The van der Waals surface area contributed by atoms with Gasteiger partial charge in [0.05, 0.1) is 17.3 Å². The molecule has 2 aromatic heterocycles. The Labute approximate surface area is 197 Å². The number of anilines is 2. The van der Waals surface area contributed by atoms with E-state index in [0.29, 0.717) is 21.5 Å². The summed E-state index contributed by atoms with van der Waals surface area (Å²) in [5, 5.41) is 30.9. The first-order chi connectivity index (χ1) is 15.8. The number of aliphatic hydroxyl groups excluding tert-OH is 3. The number of allylic oxidation sites excluding steroid dienone is 1. The third kappa shape index (κ3) is 4.62. The lowest BCUT2D eigenvalue weighted by Crippen LogP contribution is -2.33. The highest BCUT2D eigenvalue weighted by Crippen LogP contribution is 2.35. The van der Waals surface area contributed by atoms with E-state index in [1.165, 1.54) is 17.2 Å². The number of benzene rings is 1. The molecule has 7 N–H and O–H groups in total. The largest absolute Gasteiger partial charge is 0.462 e. The molecule has 4 atom stereocenters. The van der Waals surface area contributed by atoms with Crippen LogP contribution in [0.25, 0.3) is 11.2 Å². The van der Waals surface area contributed by atoms with Crippen LogP contribution < -0.4 is 21.3 Å². The molecule has 3 aromatic rings. The van der Waals surface area contributed by atoms with E-state index in [2.05, 4.69) is 25.8 Å². The predicted molar refractivity (Wildman–Crippen MR) is 120 cm³/mol. The lowest BCUT2D eigenvalue weighted by atomic mass is 10.1. The van der Waals surface area contributed by atoms with Gasteiger partial charge in [-0.25, -0.2) is 15.0 Å². The van der Waals surface area contributed by atoms with Crippen molar-refractivity contribution in [1.29, 1.82) is 0 Å². The number of ether oxygens (including phenoxy) is 2. The van der Waals surface area contributed by atoms with E-state index < -0.39 is 31.1 Å². The number of aliphatic hydroxyl groups is 3. The van der Waals surface area contributed by atoms with Crippen LogP contribution >= 0.6 is 23.2 Å². The van der Waals surface area contributed by atoms with Crippen LogP contribution in [0, 0.1) is 0 Å². The number of nitrogens with one attached hydrogen (secondary N) is 2. The Kier molecular flexibility index (Phi) is 6.74. The van der Waals surface area contributed by atoms with Crippen LogP contribution in [-0.4, -0.2) is 59.8 Å². The lowest BCUT2D eigenvalue weighted by molar-refractivity contribution is -0.0501. The van der Waals surface area contributed by atoms with Gasteiger partial charge in [0, 0.05) is 5.02 Å². The maximum Gasteiger partial charge on any atom is 0.226 e. The van der Waals surface area contributed by atoms with Gasteiger partial charge in [-0.05, 0) is 25.1 Å². The van der Waals surface area contributed by atoms with Crippen molar-refractivity contribution in [2.75, 3.05) is 17.8 Å². The molecule has 0 saturated carbocycles. The molecule has 1 aliphatic heterocycles. The molecule has 12 nitrogen and oxygen atoms in total. The molecule has 176 valence electrons. The minimum Gasteiger partial charge on any atom is -0.462 e. The van der Waals surface area contributed by atoms with E-state index in [1.54, 1.807) is 25.1 Å². The second-order valence-corrected chi connectivity index (χ2v) is 8.05. The van der Waals surface area contributed by atoms with E-state index in [9.17, 15) is 15.3 Å². The molecule has 0 radical (unpaired) electrons. The summed E-state index contributed by atoms with van der Waals surface area (Å²) < 4.78 is 12.6. The number of nitrogen functional groups attached to an aromatic ring is 1. The van der Waals surface area contributed by atoms with Crippen LogP contribution in [0.3, 0.4) is 0 Å². The summed E-state index contributed by atoms with van der Waals surface area (Å²) in [6.07, 6.45) is -2.10. The fourth-order valence-corrected chi connectivity index (χ4v) is 3.71. The second kappa shape index (κ2) is 9.55. The molecule has 14 heteroatoms. The van der Waals surface area contributed by atoms with Gasteiger partial charge < -0.3 is 30.5 Å². The fourth-order valence-electron chi connectivity index (χ4n) is 3.26. The summed E-state index contributed by atoms with van der Waals surface area (Å²) in [5.74, 6) is 0.676. The smallest absolute Gasteiger partial charge is 0.226 e. The van der Waals surface area contributed by atoms with Crippen LogP contribution in [0.2, 0.25) is 10.0 Å². The molecular weight excluding hydrogens is 477 g/mol. The number of hydrazine groups is 1. The molecule has 0 spiro atoms. The molecule has 0 aliphatic carbocycles. The normalized spacial score (nSPS) is 23.2. The van der Waals surface area contributed by atoms with Crippen molar-refractivity contribution in [2.45, 2.75) is 31.5 Å². The molecule has 1 aliphatic rings. The zero-order valence-electron chi connectivity index (χ0n) is 17.2. The number of rotatable bonds is 7. The van der Waals surface area contributed by atoms with Gasteiger partial charge in [0.25, 0.3) is 0 Å². The number of nitrogens with two attached hydrogens (primary N) is 1. The highest BCUT2D eigenvalue weighted by molar-refractivity contribution is 6.35. The minimum atomic E-state index is -1.36. The number of hydrogen-bond donors (Lipinski definition) is 6. The van der Waals surface area contributed by atoms with E-state index in [-0.39, 0.29) is 22.9 Å². The average Bonchev–Trinajstić information content (AvgIpc) is 3.29. The summed E-state index contributed by atoms with van der Waals surface area (Å²) in [5.41, 5.74) is 12.7. The van der Waals surface area contributed by atoms with Crippen molar-refractivity contribution in [1.82, 2.24) is 24.9 Å². The van der Waals surface area contributed by atoms with Crippen LogP contribution in [-0.2, 0) is 4.74 Å². The van der Waals surface area contributed by atoms with Crippen molar-refractivity contribution in [3.63, 3.8) is 0 Å². The Morgan fingerprint density at radius 3 is 2.79 bits per heavy atom. The van der Waals surface area contributed by atoms with Crippen molar-refractivity contribution >= 4 is 46.1 Å². The number of fused-ring (bicyclic) bond motifs is 1.